The van der Waals surface area contributed by atoms with Gasteiger partial charge in [0, 0.05) is 24.5 Å². The quantitative estimate of drug-likeness (QED) is 0.937. The number of hydrogen-bond acceptors (Lipinski definition) is 3. The van der Waals surface area contributed by atoms with Crippen LogP contribution in [0.4, 0.5) is 0 Å². The fraction of sp³-hybridized carbons (Fsp3) is 0.375. The summed E-state index contributed by atoms with van der Waals surface area (Å²) >= 11 is 0. The van der Waals surface area contributed by atoms with Crippen LogP contribution in [0.1, 0.15) is 22.5 Å². The normalized spacial score (nSPS) is 14.8. The van der Waals surface area contributed by atoms with Gasteiger partial charge in [-0.25, -0.2) is 0 Å². The fourth-order valence-electron chi connectivity index (χ4n) is 3.10. The maximum atomic E-state index is 12.6. The minimum atomic E-state index is -0.963. The standard InChI is InChI=1S/C16H18N2O4/c1-17-7-3-4-11-12-8-10(22-2)5-6-13(12)18(9-14(19)20)15(11)16(17)21/h5-6,8H,3-4,7,9H2,1-2H3,(H,19,20). The number of aliphatic carboxylic acids is 1. The molecule has 0 fully saturated rings. The van der Waals surface area contributed by atoms with Crippen LogP contribution >= 0.6 is 0 Å². The van der Waals surface area contributed by atoms with Crippen LogP contribution in [0.3, 0.4) is 0 Å². The largest absolute Gasteiger partial charge is 0.497 e. The van der Waals surface area contributed by atoms with Gasteiger partial charge in [0.2, 0.25) is 0 Å². The summed E-state index contributed by atoms with van der Waals surface area (Å²) in [6, 6.07) is 5.48. The number of carboxylic acids is 1. The van der Waals surface area contributed by atoms with E-state index >= 15 is 0 Å². The van der Waals surface area contributed by atoms with Crippen molar-refractivity contribution in [3.63, 3.8) is 0 Å². The van der Waals surface area contributed by atoms with E-state index in [0.717, 1.165) is 29.3 Å². The monoisotopic (exact) mass is 302 g/mol. The molecular weight excluding hydrogens is 284 g/mol. The first-order chi connectivity index (χ1) is 10.5. The number of rotatable bonds is 3. The number of fused-ring (bicyclic) bond motifs is 3. The maximum absolute atomic E-state index is 12.6. The number of amides is 1. The molecule has 1 aromatic heterocycles. The first-order valence-corrected chi connectivity index (χ1v) is 7.19. The molecule has 116 valence electrons. The molecule has 0 spiro atoms. The smallest absolute Gasteiger partial charge is 0.323 e. The van der Waals surface area contributed by atoms with E-state index in [1.54, 1.807) is 29.7 Å². The molecule has 1 aliphatic heterocycles. The van der Waals surface area contributed by atoms with Crippen molar-refractivity contribution in [1.29, 1.82) is 0 Å². The molecule has 0 radical (unpaired) electrons. The second-order valence-electron chi connectivity index (χ2n) is 5.52. The van der Waals surface area contributed by atoms with Gasteiger partial charge in [-0.1, -0.05) is 0 Å². The summed E-state index contributed by atoms with van der Waals surface area (Å²) in [6.45, 7) is 0.448. The van der Waals surface area contributed by atoms with Crippen molar-refractivity contribution >= 4 is 22.8 Å². The minimum absolute atomic E-state index is 0.121. The van der Waals surface area contributed by atoms with Gasteiger partial charge in [0.25, 0.3) is 5.91 Å². The van der Waals surface area contributed by atoms with Gasteiger partial charge >= 0.3 is 5.97 Å². The number of hydrogen-bond donors (Lipinski definition) is 1. The number of ether oxygens (including phenoxy) is 1. The van der Waals surface area contributed by atoms with Gasteiger partial charge in [-0.05, 0) is 36.6 Å². The van der Waals surface area contributed by atoms with Crippen LogP contribution in [-0.2, 0) is 17.8 Å². The highest BCUT2D eigenvalue weighted by Crippen LogP contribution is 2.32. The van der Waals surface area contributed by atoms with E-state index in [4.69, 9.17) is 4.74 Å². The van der Waals surface area contributed by atoms with Gasteiger partial charge < -0.3 is 19.3 Å². The van der Waals surface area contributed by atoms with Crippen LogP contribution in [0.15, 0.2) is 18.2 Å². The molecule has 1 N–H and O–H groups in total. The zero-order chi connectivity index (χ0) is 15.9. The van der Waals surface area contributed by atoms with Crippen molar-refractivity contribution in [2.45, 2.75) is 19.4 Å². The first-order valence-electron chi connectivity index (χ1n) is 7.19. The van der Waals surface area contributed by atoms with E-state index in [1.165, 1.54) is 0 Å². The van der Waals surface area contributed by atoms with Crippen molar-refractivity contribution < 1.29 is 19.4 Å². The molecule has 2 heterocycles. The number of carboxylic acid groups (broad SMARTS) is 1. The maximum Gasteiger partial charge on any atom is 0.323 e. The van der Waals surface area contributed by atoms with Crippen molar-refractivity contribution in [3.8, 4) is 5.75 Å². The predicted octanol–water partition coefficient (Wildman–Crippen LogP) is 1.75. The van der Waals surface area contributed by atoms with Crippen LogP contribution in [-0.4, -0.2) is 47.2 Å². The van der Waals surface area contributed by atoms with Crippen LogP contribution in [0.25, 0.3) is 10.9 Å². The number of nitrogens with zero attached hydrogens (tertiary/aromatic N) is 2. The number of methoxy groups -OCH3 is 1. The van der Waals surface area contributed by atoms with Gasteiger partial charge in [0.05, 0.1) is 7.11 Å². The third-order valence-corrected chi connectivity index (χ3v) is 4.14. The summed E-state index contributed by atoms with van der Waals surface area (Å²) in [6.07, 6.45) is 1.61. The summed E-state index contributed by atoms with van der Waals surface area (Å²) in [5.74, 6) is -0.382. The Morgan fingerprint density at radius 1 is 1.41 bits per heavy atom. The Morgan fingerprint density at radius 2 is 2.18 bits per heavy atom. The molecule has 6 heteroatoms. The third kappa shape index (κ3) is 2.20. The summed E-state index contributed by atoms with van der Waals surface area (Å²) in [4.78, 5) is 25.5. The molecule has 1 amide bonds. The van der Waals surface area contributed by atoms with Crippen LogP contribution in [0.5, 0.6) is 5.75 Å². The highest BCUT2D eigenvalue weighted by molar-refractivity contribution is 6.03. The molecule has 6 nitrogen and oxygen atoms in total. The average molecular weight is 302 g/mol. The van der Waals surface area contributed by atoms with E-state index in [-0.39, 0.29) is 12.5 Å². The Hall–Kier alpha value is -2.50. The minimum Gasteiger partial charge on any atom is -0.497 e. The first kappa shape index (κ1) is 14.4. The SMILES string of the molecule is COc1ccc2c(c1)c1c(n2CC(=O)O)C(=O)N(C)CCC1. The molecular formula is C16H18N2O4. The molecule has 0 atom stereocenters. The highest BCUT2D eigenvalue weighted by Gasteiger charge is 2.28. The lowest BCUT2D eigenvalue weighted by molar-refractivity contribution is -0.137. The second kappa shape index (κ2) is 5.36. The molecule has 1 aromatic carbocycles. The summed E-state index contributed by atoms with van der Waals surface area (Å²) < 4.78 is 6.87. The second-order valence-corrected chi connectivity index (χ2v) is 5.52. The van der Waals surface area contributed by atoms with Crippen LogP contribution < -0.4 is 4.74 Å². The van der Waals surface area contributed by atoms with E-state index in [2.05, 4.69) is 0 Å². The predicted molar refractivity (Wildman–Crippen MR) is 81.4 cm³/mol. The lowest BCUT2D eigenvalue weighted by Gasteiger charge is -2.15. The molecule has 1 aliphatic rings. The number of benzene rings is 1. The Kier molecular flexibility index (Phi) is 3.52. The molecule has 0 bridgehead atoms. The molecule has 2 aromatic rings. The Bertz CT molecular complexity index is 763. The number of carbonyl (C=O) groups excluding carboxylic acids is 1. The van der Waals surface area contributed by atoms with Crippen molar-refractivity contribution in [1.82, 2.24) is 9.47 Å². The highest BCUT2D eigenvalue weighted by atomic mass is 16.5. The lowest BCUT2D eigenvalue weighted by atomic mass is 10.1. The topological polar surface area (TPSA) is 71.8 Å². The molecule has 0 aliphatic carbocycles. The number of aryl methyl sites for hydroxylation is 1. The summed E-state index contributed by atoms with van der Waals surface area (Å²) in [5, 5.41) is 10.1. The summed E-state index contributed by atoms with van der Waals surface area (Å²) in [5.41, 5.74) is 2.17. The zero-order valence-electron chi connectivity index (χ0n) is 12.6. The van der Waals surface area contributed by atoms with Gasteiger partial charge in [0.15, 0.2) is 0 Å². The number of aromatic nitrogens is 1. The lowest BCUT2D eigenvalue weighted by Crippen LogP contribution is -2.29. The third-order valence-electron chi connectivity index (χ3n) is 4.14. The van der Waals surface area contributed by atoms with E-state index in [0.29, 0.717) is 18.0 Å². The molecule has 0 saturated carbocycles. The Balaban J connectivity index is 2.32. The van der Waals surface area contributed by atoms with Gasteiger partial charge in [-0.3, -0.25) is 9.59 Å². The van der Waals surface area contributed by atoms with E-state index in [1.807, 2.05) is 12.1 Å². The zero-order valence-corrected chi connectivity index (χ0v) is 12.6. The molecule has 0 saturated heterocycles. The van der Waals surface area contributed by atoms with Gasteiger partial charge in [-0.15, -0.1) is 0 Å². The Labute approximate surface area is 127 Å². The van der Waals surface area contributed by atoms with E-state index in [9.17, 15) is 14.7 Å². The van der Waals surface area contributed by atoms with Crippen molar-refractivity contribution in [2.24, 2.45) is 0 Å². The average Bonchev–Trinajstić information content (AvgIpc) is 2.70. The molecule has 3 rings (SSSR count). The summed E-state index contributed by atoms with van der Waals surface area (Å²) in [7, 11) is 3.34. The van der Waals surface area contributed by atoms with Gasteiger partial charge in [-0.2, -0.15) is 0 Å². The van der Waals surface area contributed by atoms with Crippen LogP contribution in [0.2, 0.25) is 0 Å². The molecule has 22 heavy (non-hydrogen) atoms. The van der Waals surface area contributed by atoms with Gasteiger partial charge in [0.1, 0.15) is 18.0 Å². The molecule has 0 unspecified atom stereocenters. The van der Waals surface area contributed by atoms with Crippen LogP contribution in [0, 0.1) is 0 Å². The van der Waals surface area contributed by atoms with Crippen molar-refractivity contribution in [3.05, 3.63) is 29.5 Å². The van der Waals surface area contributed by atoms with Crippen molar-refractivity contribution in [2.75, 3.05) is 20.7 Å². The number of carbonyl (C=O) groups is 2. The fourth-order valence-corrected chi connectivity index (χ4v) is 3.10. The Morgan fingerprint density at radius 3 is 2.86 bits per heavy atom. The van der Waals surface area contributed by atoms with E-state index < -0.39 is 5.97 Å².